The van der Waals surface area contributed by atoms with Gasteiger partial charge in [0, 0.05) is 46.9 Å². The number of hydrogen-bond acceptors (Lipinski definition) is 5. The Kier molecular flexibility index (Phi) is 7.00. The van der Waals surface area contributed by atoms with E-state index >= 15 is 0 Å². The highest BCUT2D eigenvalue weighted by molar-refractivity contribution is 5.67. The number of carbonyl (C=O) groups is 1. The zero-order chi connectivity index (χ0) is 13.4. The molecule has 0 aromatic rings. The third-order valence-electron chi connectivity index (χ3n) is 3.05. The van der Waals surface area contributed by atoms with Crippen molar-refractivity contribution in [2.45, 2.75) is 13.0 Å². The van der Waals surface area contributed by atoms with Crippen LogP contribution in [-0.4, -0.2) is 82.2 Å². The Labute approximate surface area is 109 Å². The van der Waals surface area contributed by atoms with Crippen LogP contribution in [0.3, 0.4) is 0 Å². The predicted molar refractivity (Wildman–Crippen MR) is 67.7 cm³/mol. The summed E-state index contributed by atoms with van der Waals surface area (Å²) >= 11 is 0. The first kappa shape index (κ1) is 15.2. The van der Waals surface area contributed by atoms with Crippen molar-refractivity contribution in [2.24, 2.45) is 0 Å². The Morgan fingerprint density at radius 3 is 2.39 bits per heavy atom. The molecule has 6 heteroatoms. The molecule has 0 bridgehead atoms. The molecule has 0 aromatic heterocycles. The summed E-state index contributed by atoms with van der Waals surface area (Å²) in [7, 11) is 3.36. The van der Waals surface area contributed by atoms with E-state index in [-0.39, 0.29) is 12.2 Å². The molecule has 0 radical (unpaired) electrons. The van der Waals surface area contributed by atoms with E-state index in [4.69, 9.17) is 14.2 Å². The molecule has 1 rings (SSSR count). The van der Waals surface area contributed by atoms with Crippen LogP contribution in [-0.2, 0) is 14.2 Å². The van der Waals surface area contributed by atoms with Gasteiger partial charge in [0.2, 0.25) is 0 Å². The van der Waals surface area contributed by atoms with Gasteiger partial charge >= 0.3 is 6.09 Å². The molecular weight excluding hydrogens is 236 g/mol. The summed E-state index contributed by atoms with van der Waals surface area (Å²) in [5.41, 5.74) is 0. The number of piperazine rings is 1. The number of carbonyl (C=O) groups excluding carboxylic acids is 1. The topological polar surface area (TPSA) is 51.2 Å². The van der Waals surface area contributed by atoms with Crippen LogP contribution >= 0.6 is 0 Å². The van der Waals surface area contributed by atoms with Crippen molar-refractivity contribution < 1.29 is 19.0 Å². The number of ether oxygens (including phenoxy) is 3. The van der Waals surface area contributed by atoms with Crippen molar-refractivity contribution in [3.05, 3.63) is 0 Å². The number of amides is 1. The molecule has 1 saturated heterocycles. The summed E-state index contributed by atoms with van der Waals surface area (Å²) in [4.78, 5) is 15.6. The molecule has 0 aromatic carbocycles. The fourth-order valence-corrected chi connectivity index (χ4v) is 2.00. The predicted octanol–water partition coefficient (Wildman–Crippen LogP) is 0.422. The highest BCUT2D eigenvalue weighted by Crippen LogP contribution is 2.06. The Morgan fingerprint density at radius 2 is 1.89 bits per heavy atom. The maximum Gasteiger partial charge on any atom is 0.409 e. The van der Waals surface area contributed by atoms with Gasteiger partial charge in [-0.2, -0.15) is 0 Å². The molecule has 0 spiro atoms. The van der Waals surface area contributed by atoms with Crippen LogP contribution < -0.4 is 0 Å². The van der Waals surface area contributed by atoms with Gasteiger partial charge in [-0.15, -0.1) is 0 Å². The van der Waals surface area contributed by atoms with Crippen LogP contribution in [0.4, 0.5) is 4.79 Å². The monoisotopic (exact) mass is 260 g/mol. The van der Waals surface area contributed by atoms with Crippen molar-refractivity contribution >= 4 is 6.09 Å². The van der Waals surface area contributed by atoms with Gasteiger partial charge in [0.05, 0.1) is 19.3 Å². The lowest BCUT2D eigenvalue weighted by molar-refractivity contribution is -0.00342. The van der Waals surface area contributed by atoms with Crippen LogP contribution in [0.25, 0.3) is 0 Å². The minimum Gasteiger partial charge on any atom is -0.450 e. The Morgan fingerprint density at radius 1 is 1.22 bits per heavy atom. The van der Waals surface area contributed by atoms with Gasteiger partial charge in [-0.25, -0.2) is 4.79 Å². The van der Waals surface area contributed by atoms with Crippen LogP contribution in [0.1, 0.15) is 6.92 Å². The zero-order valence-corrected chi connectivity index (χ0v) is 11.6. The highest BCUT2D eigenvalue weighted by Gasteiger charge is 2.23. The van der Waals surface area contributed by atoms with E-state index in [1.165, 1.54) is 0 Å². The average molecular weight is 260 g/mol. The van der Waals surface area contributed by atoms with Gasteiger partial charge in [0.15, 0.2) is 0 Å². The third-order valence-corrected chi connectivity index (χ3v) is 3.05. The van der Waals surface area contributed by atoms with Crippen LogP contribution in [0, 0.1) is 0 Å². The van der Waals surface area contributed by atoms with E-state index in [9.17, 15) is 4.79 Å². The molecule has 1 amide bonds. The molecule has 106 valence electrons. The van der Waals surface area contributed by atoms with Gasteiger partial charge < -0.3 is 19.1 Å². The first-order chi connectivity index (χ1) is 8.71. The summed E-state index contributed by atoms with van der Waals surface area (Å²) in [6.45, 7) is 6.80. The molecule has 6 nitrogen and oxygen atoms in total. The van der Waals surface area contributed by atoms with Gasteiger partial charge in [-0.1, -0.05) is 0 Å². The lowest BCUT2D eigenvalue weighted by atomic mass is 10.2. The van der Waals surface area contributed by atoms with Crippen molar-refractivity contribution in [3.8, 4) is 0 Å². The SMILES string of the molecule is CCOC(=O)N1CCN(C[C@@H](COC)OC)CC1. The maximum absolute atomic E-state index is 11.5. The van der Waals surface area contributed by atoms with E-state index in [0.29, 0.717) is 26.3 Å². The minimum atomic E-state index is -0.211. The third kappa shape index (κ3) is 4.80. The zero-order valence-electron chi connectivity index (χ0n) is 11.6. The molecule has 1 aliphatic rings. The van der Waals surface area contributed by atoms with E-state index in [1.54, 1.807) is 19.1 Å². The largest absolute Gasteiger partial charge is 0.450 e. The first-order valence-electron chi connectivity index (χ1n) is 6.37. The van der Waals surface area contributed by atoms with Crippen LogP contribution in [0.5, 0.6) is 0 Å². The molecule has 0 unspecified atom stereocenters. The Hall–Kier alpha value is -0.850. The van der Waals surface area contributed by atoms with E-state index in [0.717, 1.165) is 19.6 Å². The van der Waals surface area contributed by atoms with Gasteiger partial charge in [0.1, 0.15) is 0 Å². The lowest BCUT2D eigenvalue weighted by Crippen LogP contribution is -2.51. The second-order valence-electron chi connectivity index (χ2n) is 4.30. The number of methoxy groups -OCH3 is 2. The van der Waals surface area contributed by atoms with Crippen molar-refractivity contribution in [3.63, 3.8) is 0 Å². The smallest absolute Gasteiger partial charge is 0.409 e. The molecular formula is C12H24N2O4. The average Bonchev–Trinajstić information content (AvgIpc) is 2.39. The van der Waals surface area contributed by atoms with Crippen molar-refractivity contribution in [2.75, 3.05) is 60.2 Å². The van der Waals surface area contributed by atoms with Crippen LogP contribution in [0.15, 0.2) is 0 Å². The summed E-state index contributed by atoms with van der Waals surface area (Å²) < 4.78 is 15.4. The maximum atomic E-state index is 11.5. The fraction of sp³-hybridized carbons (Fsp3) is 0.917. The van der Waals surface area contributed by atoms with Crippen molar-refractivity contribution in [1.82, 2.24) is 9.80 Å². The number of rotatable bonds is 6. The second kappa shape index (κ2) is 8.29. The molecule has 0 saturated carbocycles. The highest BCUT2D eigenvalue weighted by atomic mass is 16.6. The number of nitrogens with zero attached hydrogens (tertiary/aromatic N) is 2. The Bertz CT molecular complexity index is 242. The first-order valence-corrected chi connectivity index (χ1v) is 6.37. The molecule has 1 fully saturated rings. The van der Waals surface area contributed by atoms with Gasteiger partial charge in [-0.05, 0) is 6.92 Å². The summed E-state index contributed by atoms with van der Waals surface area (Å²) in [6, 6.07) is 0. The summed E-state index contributed by atoms with van der Waals surface area (Å²) in [6.07, 6.45) is -0.124. The van der Waals surface area contributed by atoms with Gasteiger partial charge in [0.25, 0.3) is 0 Å². The second-order valence-corrected chi connectivity index (χ2v) is 4.30. The fourth-order valence-electron chi connectivity index (χ4n) is 2.00. The van der Waals surface area contributed by atoms with Crippen molar-refractivity contribution in [1.29, 1.82) is 0 Å². The van der Waals surface area contributed by atoms with Crippen LogP contribution in [0.2, 0.25) is 0 Å². The van der Waals surface area contributed by atoms with Gasteiger partial charge in [-0.3, -0.25) is 4.90 Å². The molecule has 1 atom stereocenters. The van der Waals surface area contributed by atoms with E-state index in [1.807, 2.05) is 6.92 Å². The van der Waals surface area contributed by atoms with E-state index < -0.39 is 0 Å². The Balaban J connectivity index is 2.28. The molecule has 0 aliphatic carbocycles. The molecule has 18 heavy (non-hydrogen) atoms. The molecule has 1 heterocycles. The molecule has 0 N–H and O–H groups in total. The standard InChI is InChI=1S/C12H24N2O4/c1-4-18-12(15)14-7-5-13(6-8-14)9-11(17-3)10-16-2/h11H,4-10H2,1-3H3/t11-/m0/s1. The molecule has 1 aliphatic heterocycles. The lowest BCUT2D eigenvalue weighted by Gasteiger charge is -2.35. The quantitative estimate of drug-likeness (QED) is 0.693. The summed E-state index contributed by atoms with van der Waals surface area (Å²) in [5, 5.41) is 0. The summed E-state index contributed by atoms with van der Waals surface area (Å²) in [5.74, 6) is 0. The number of hydrogen-bond donors (Lipinski definition) is 0. The minimum absolute atomic E-state index is 0.0872. The normalized spacial score (nSPS) is 18.7. The van der Waals surface area contributed by atoms with E-state index in [2.05, 4.69) is 4.90 Å².